The third kappa shape index (κ3) is 4.58. The summed E-state index contributed by atoms with van der Waals surface area (Å²) in [6, 6.07) is 8.02. The molecule has 1 atom stereocenters. The van der Waals surface area contributed by atoms with Crippen molar-refractivity contribution in [2.75, 3.05) is 50.8 Å². The Balaban J connectivity index is 1.48. The van der Waals surface area contributed by atoms with Crippen molar-refractivity contribution in [1.29, 1.82) is 0 Å². The minimum atomic E-state index is -0.261. The summed E-state index contributed by atoms with van der Waals surface area (Å²) in [5.74, 6) is -0.255. The molecule has 25 heavy (non-hydrogen) atoms. The topological polar surface area (TPSA) is 61.9 Å². The monoisotopic (exact) mass is 345 g/mol. The van der Waals surface area contributed by atoms with Crippen molar-refractivity contribution in [3.8, 4) is 0 Å². The number of benzene rings is 1. The number of hydrogen-bond acceptors (Lipinski definition) is 4. The standard InChI is InChI=1S/C19H27N3O3/c1-2-15-3-5-17(6-4-15)22-14-16(13-18(22)23)19(24)20-7-8-21-9-11-25-12-10-21/h3-6,16H,2,7-14H2,1H3,(H,20,24)/t16-/m0/s1. The van der Waals surface area contributed by atoms with E-state index in [0.717, 1.165) is 45.0 Å². The fourth-order valence-corrected chi connectivity index (χ4v) is 3.35. The van der Waals surface area contributed by atoms with Crippen molar-refractivity contribution in [2.45, 2.75) is 19.8 Å². The van der Waals surface area contributed by atoms with E-state index in [9.17, 15) is 9.59 Å². The van der Waals surface area contributed by atoms with Crippen molar-refractivity contribution >= 4 is 17.5 Å². The van der Waals surface area contributed by atoms with Crippen molar-refractivity contribution in [2.24, 2.45) is 5.92 Å². The van der Waals surface area contributed by atoms with Crippen molar-refractivity contribution in [3.05, 3.63) is 29.8 Å². The Morgan fingerprint density at radius 2 is 1.96 bits per heavy atom. The van der Waals surface area contributed by atoms with E-state index in [0.29, 0.717) is 19.5 Å². The number of ether oxygens (including phenoxy) is 1. The predicted octanol–water partition coefficient (Wildman–Crippen LogP) is 1.05. The highest BCUT2D eigenvalue weighted by molar-refractivity contribution is 6.00. The Morgan fingerprint density at radius 3 is 2.64 bits per heavy atom. The molecule has 2 saturated heterocycles. The van der Waals surface area contributed by atoms with Gasteiger partial charge < -0.3 is 15.0 Å². The summed E-state index contributed by atoms with van der Waals surface area (Å²) >= 11 is 0. The van der Waals surface area contributed by atoms with Gasteiger partial charge in [0.2, 0.25) is 11.8 Å². The van der Waals surface area contributed by atoms with E-state index in [4.69, 9.17) is 4.74 Å². The number of nitrogens with one attached hydrogen (secondary N) is 1. The second-order valence-electron chi connectivity index (χ2n) is 6.67. The van der Waals surface area contributed by atoms with Crippen LogP contribution in [0.1, 0.15) is 18.9 Å². The van der Waals surface area contributed by atoms with Crippen molar-refractivity contribution < 1.29 is 14.3 Å². The maximum Gasteiger partial charge on any atom is 0.227 e. The third-order valence-corrected chi connectivity index (χ3v) is 4.98. The number of amides is 2. The van der Waals surface area contributed by atoms with Gasteiger partial charge in [-0.15, -0.1) is 0 Å². The maximum absolute atomic E-state index is 12.4. The molecule has 0 spiro atoms. The van der Waals surface area contributed by atoms with E-state index < -0.39 is 0 Å². The molecule has 2 amide bonds. The average molecular weight is 345 g/mol. The third-order valence-electron chi connectivity index (χ3n) is 4.98. The largest absolute Gasteiger partial charge is 0.379 e. The van der Waals surface area contributed by atoms with Gasteiger partial charge in [-0.25, -0.2) is 0 Å². The number of aryl methyl sites for hydroxylation is 1. The zero-order valence-electron chi connectivity index (χ0n) is 14.9. The first-order valence-corrected chi connectivity index (χ1v) is 9.14. The van der Waals surface area contributed by atoms with Gasteiger partial charge in [0, 0.05) is 44.8 Å². The van der Waals surface area contributed by atoms with Gasteiger partial charge in [-0.1, -0.05) is 19.1 Å². The highest BCUT2D eigenvalue weighted by Gasteiger charge is 2.34. The van der Waals surface area contributed by atoms with Gasteiger partial charge >= 0.3 is 0 Å². The summed E-state index contributed by atoms with van der Waals surface area (Å²) in [7, 11) is 0. The minimum absolute atomic E-state index is 0.0192. The molecular weight excluding hydrogens is 318 g/mol. The van der Waals surface area contributed by atoms with E-state index >= 15 is 0 Å². The molecule has 1 N–H and O–H groups in total. The van der Waals surface area contributed by atoms with E-state index in [1.54, 1.807) is 4.90 Å². The lowest BCUT2D eigenvalue weighted by molar-refractivity contribution is -0.126. The van der Waals surface area contributed by atoms with Crippen LogP contribution in [0.4, 0.5) is 5.69 Å². The first kappa shape index (κ1) is 17.9. The van der Waals surface area contributed by atoms with E-state index in [1.165, 1.54) is 5.56 Å². The van der Waals surface area contributed by atoms with Crippen LogP contribution in [0.25, 0.3) is 0 Å². The highest BCUT2D eigenvalue weighted by atomic mass is 16.5. The van der Waals surface area contributed by atoms with Gasteiger partial charge in [0.05, 0.1) is 19.1 Å². The van der Waals surface area contributed by atoms with Gasteiger partial charge in [0.25, 0.3) is 0 Å². The van der Waals surface area contributed by atoms with Crippen LogP contribution < -0.4 is 10.2 Å². The normalized spacial score (nSPS) is 21.6. The summed E-state index contributed by atoms with van der Waals surface area (Å²) in [6.45, 7) is 7.38. The van der Waals surface area contributed by atoms with Crippen LogP contribution in [0.2, 0.25) is 0 Å². The number of carbonyl (C=O) groups is 2. The molecule has 2 heterocycles. The average Bonchev–Trinajstić information content (AvgIpc) is 3.04. The molecule has 6 nitrogen and oxygen atoms in total. The Kier molecular flexibility index (Phi) is 6.04. The molecular formula is C19H27N3O3. The molecule has 3 rings (SSSR count). The second-order valence-corrected chi connectivity index (χ2v) is 6.67. The van der Waals surface area contributed by atoms with Crippen LogP contribution in [0.3, 0.4) is 0 Å². The van der Waals surface area contributed by atoms with Crippen LogP contribution in [0.15, 0.2) is 24.3 Å². The molecule has 0 aromatic heterocycles. The first-order valence-electron chi connectivity index (χ1n) is 9.14. The van der Waals surface area contributed by atoms with Crippen LogP contribution in [0, 0.1) is 5.92 Å². The van der Waals surface area contributed by atoms with E-state index in [2.05, 4.69) is 17.1 Å². The quantitative estimate of drug-likeness (QED) is 0.837. The molecule has 136 valence electrons. The molecule has 0 radical (unpaired) electrons. The van der Waals surface area contributed by atoms with Gasteiger partial charge in [-0.05, 0) is 24.1 Å². The summed E-state index contributed by atoms with van der Waals surface area (Å²) in [5, 5.41) is 2.98. The Labute approximate surface area is 149 Å². The van der Waals surface area contributed by atoms with Gasteiger partial charge in [0.15, 0.2) is 0 Å². The van der Waals surface area contributed by atoms with Crippen LogP contribution in [-0.2, 0) is 20.7 Å². The predicted molar refractivity (Wildman–Crippen MR) is 96.5 cm³/mol. The molecule has 1 aromatic rings. The smallest absolute Gasteiger partial charge is 0.227 e. The molecule has 0 bridgehead atoms. The van der Waals surface area contributed by atoms with Crippen molar-refractivity contribution in [1.82, 2.24) is 10.2 Å². The summed E-state index contributed by atoms with van der Waals surface area (Å²) in [5.41, 5.74) is 2.12. The SMILES string of the molecule is CCc1ccc(N2C[C@@H](C(=O)NCCN3CCOCC3)CC2=O)cc1. The number of hydrogen-bond donors (Lipinski definition) is 1. The Bertz CT molecular complexity index is 596. The highest BCUT2D eigenvalue weighted by Crippen LogP contribution is 2.25. The molecule has 6 heteroatoms. The van der Waals surface area contributed by atoms with Gasteiger partial charge in [0.1, 0.15) is 0 Å². The van der Waals surface area contributed by atoms with Crippen LogP contribution in [0.5, 0.6) is 0 Å². The van der Waals surface area contributed by atoms with E-state index in [1.807, 2.05) is 24.3 Å². The summed E-state index contributed by atoms with van der Waals surface area (Å²) < 4.78 is 5.32. The van der Waals surface area contributed by atoms with E-state index in [-0.39, 0.29) is 17.7 Å². The lowest BCUT2D eigenvalue weighted by Crippen LogP contribution is -2.42. The molecule has 2 aliphatic heterocycles. The zero-order valence-corrected chi connectivity index (χ0v) is 14.9. The lowest BCUT2D eigenvalue weighted by atomic mass is 10.1. The molecule has 2 fully saturated rings. The minimum Gasteiger partial charge on any atom is -0.379 e. The van der Waals surface area contributed by atoms with Crippen LogP contribution in [-0.4, -0.2) is 62.7 Å². The maximum atomic E-state index is 12.4. The fourth-order valence-electron chi connectivity index (χ4n) is 3.35. The van der Waals surface area contributed by atoms with Gasteiger partial charge in [-0.2, -0.15) is 0 Å². The molecule has 0 saturated carbocycles. The number of carbonyl (C=O) groups excluding carboxylic acids is 2. The van der Waals surface area contributed by atoms with Crippen molar-refractivity contribution in [3.63, 3.8) is 0 Å². The number of anilines is 1. The molecule has 0 aliphatic carbocycles. The number of nitrogens with zero attached hydrogens (tertiary/aromatic N) is 2. The fraction of sp³-hybridized carbons (Fsp3) is 0.579. The molecule has 1 aromatic carbocycles. The lowest BCUT2D eigenvalue weighted by Gasteiger charge is -2.26. The number of rotatable bonds is 6. The molecule has 0 unspecified atom stereocenters. The second kappa shape index (κ2) is 8.45. The summed E-state index contributed by atoms with van der Waals surface area (Å²) in [4.78, 5) is 28.7. The first-order chi connectivity index (χ1) is 12.2. The molecule has 2 aliphatic rings. The Morgan fingerprint density at radius 1 is 1.24 bits per heavy atom. The summed E-state index contributed by atoms with van der Waals surface area (Å²) in [6.07, 6.45) is 1.27. The Hall–Kier alpha value is -1.92. The van der Waals surface area contributed by atoms with Gasteiger partial charge in [-0.3, -0.25) is 14.5 Å². The number of morpholine rings is 1. The van der Waals surface area contributed by atoms with Crippen LogP contribution >= 0.6 is 0 Å². The zero-order chi connectivity index (χ0) is 17.6.